The molecule has 12 N–H and O–H groups in total. The number of rotatable bonds is 0. The van der Waals surface area contributed by atoms with Crippen LogP contribution in [0.15, 0.2) is 0 Å². The van der Waals surface area contributed by atoms with Gasteiger partial charge in [-0.05, 0) is 0 Å². The van der Waals surface area contributed by atoms with Gasteiger partial charge in [-0.2, -0.15) is 0 Å². The average molecular weight is 360 g/mol. The van der Waals surface area contributed by atoms with E-state index in [1.165, 1.54) is 0 Å². The first-order chi connectivity index (χ1) is 6.93. The molecule has 0 amide bonds. The van der Waals surface area contributed by atoms with Crippen molar-refractivity contribution in [2.75, 3.05) is 0 Å². The van der Waals surface area contributed by atoms with Gasteiger partial charge < -0.3 is 42.3 Å². The average Bonchev–Trinajstić information content (AvgIpc) is 1.76. The van der Waals surface area contributed by atoms with E-state index in [4.69, 9.17) is 39.6 Å². The predicted octanol–water partition coefficient (Wildman–Crippen LogP) is -2.94. The van der Waals surface area contributed by atoms with E-state index in [1.54, 1.807) is 0 Å². The second-order valence-electron chi connectivity index (χ2n) is 2.08. The van der Waals surface area contributed by atoms with E-state index in [0.29, 0.717) is 0 Å². The molecule has 12 nitrogen and oxygen atoms in total. The number of aliphatic carboxylic acids is 4. The van der Waals surface area contributed by atoms with Gasteiger partial charge in [0.2, 0.25) is 0 Å². The monoisotopic (exact) mass is 360 g/mol. The molecule has 13 heteroatoms. The first kappa shape index (κ1) is 60.7. The van der Waals surface area contributed by atoms with Gasteiger partial charge >= 0.3 is 0 Å². The maximum Gasteiger partial charge on any atom is 0.300 e. The minimum absolute atomic E-state index is 0. The van der Waals surface area contributed by atoms with Crippen molar-refractivity contribution in [1.82, 2.24) is 0 Å². The third-order valence-corrected chi connectivity index (χ3v) is 0. The molecule has 0 atom stereocenters. The summed E-state index contributed by atoms with van der Waals surface area (Å²) in [5.41, 5.74) is 0. The van der Waals surface area contributed by atoms with Crippen molar-refractivity contribution in [2.45, 2.75) is 27.7 Å². The standard InChI is InChI=1S/4C2H4O2.4H2O.Ti/c4*1-2(3)4;;;;;/h4*1H3,(H,3,4);4*1H2;. The molecule has 21 heavy (non-hydrogen) atoms. The van der Waals surface area contributed by atoms with Gasteiger partial charge in [0.15, 0.2) is 0 Å². The zero-order valence-electron chi connectivity index (χ0n) is 11.9. The van der Waals surface area contributed by atoms with Crippen LogP contribution in [-0.2, 0) is 40.9 Å². The van der Waals surface area contributed by atoms with Crippen LogP contribution in [0.25, 0.3) is 0 Å². The molecule has 0 aromatic carbocycles. The number of hydrogen-bond acceptors (Lipinski definition) is 4. The summed E-state index contributed by atoms with van der Waals surface area (Å²) in [6.07, 6.45) is 0. The summed E-state index contributed by atoms with van der Waals surface area (Å²) in [7, 11) is 0. The Balaban J connectivity index is -0.0000000121. The van der Waals surface area contributed by atoms with E-state index in [0.717, 1.165) is 27.7 Å². The van der Waals surface area contributed by atoms with Crippen molar-refractivity contribution in [2.24, 2.45) is 0 Å². The van der Waals surface area contributed by atoms with E-state index in [2.05, 4.69) is 0 Å². The Kier molecular flexibility index (Phi) is 149. The minimum atomic E-state index is -0.833. The fourth-order valence-corrected chi connectivity index (χ4v) is 0. The van der Waals surface area contributed by atoms with Crippen LogP contribution in [-0.4, -0.2) is 66.2 Å². The molecular formula is C8H24O12Ti. The van der Waals surface area contributed by atoms with Crippen molar-refractivity contribution >= 4 is 23.9 Å². The molecule has 0 aliphatic rings. The molecular weight excluding hydrogens is 336 g/mol. The number of hydrogen-bond donors (Lipinski definition) is 4. The first-order valence-corrected chi connectivity index (χ1v) is 3.71. The molecule has 132 valence electrons. The van der Waals surface area contributed by atoms with Crippen molar-refractivity contribution in [3.05, 3.63) is 0 Å². The molecule has 0 saturated carbocycles. The molecule has 0 saturated heterocycles. The molecule has 0 aliphatic carbocycles. The molecule has 0 aromatic heterocycles. The van der Waals surface area contributed by atoms with Crippen LogP contribution in [0.2, 0.25) is 0 Å². The summed E-state index contributed by atoms with van der Waals surface area (Å²) in [6, 6.07) is 0. The van der Waals surface area contributed by atoms with Crippen LogP contribution < -0.4 is 0 Å². The van der Waals surface area contributed by atoms with Crippen LogP contribution in [0.3, 0.4) is 0 Å². The van der Waals surface area contributed by atoms with Crippen molar-refractivity contribution in [3.8, 4) is 0 Å². The zero-order valence-corrected chi connectivity index (χ0v) is 13.5. The summed E-state index contributed by atoms with van der Waals surface area (Å²) in [5.74, 6) is -3.33. The Morgan fingerprint density at radius 2 is 0.476 bits per heavy atom. The zero-order chi connectivity index (χ0) is 14.3. The summed E-state index contributed by atoms with van der Waals surface area (Å²) >= 11 is 0. The summed E-state index contributed by atoms with van der Waals surface area (Å²) in [5, 5.41) is 29.7. The van der Waals surface area contributed by atoms with Crippen molar-refractivity contribution in [3.63, 3.8) is 0 Å². The Bertz CT molecular complexity index is 165. The van der Waals surface area contributed by atoms with Gasteiger partial charge in [-0.25, -0.2) is 0 Å². The van der Waals surface area contributed by atoms with Crippen molar-refractivity contribution < 1.29 is 83.2 Å². The predicted molar refractivity (Wildman–Crippen MR) is 67.7 cm³/mol. The van der Waals surface area contributed by atoms with E-state index in [1.807, 2.05) is 0 Å². The molecule has 0 aliphatic heterocycles. The van der Waals surface area contributed by atoms with Gasteiger partial charge in [-0.15, -0.1) is 0 Å². The van der Waals surface area contributed by atoms with Gasteiger partial charge in [0, 0.05) is 49.4 Å². The van der Waals surface area contributed by atoms with E-state index in [9.17, 15) is 0 Å². The van der Waals surface area contributed by atoms with Crippen LogP contribution in [0.4, 0.5) is 0 Å². The number of carboxylic acid groups (broad SMARTS) is 4. The molecule has 0 heterocycles. The Labute approximate surface area is 135 Å². The fraction of sp³-hybridized carbons (Fsp3) is 0.500. The van der Waals surface area contributed by atoms with E-state index in [-0.39, 0.29) is 43.6 Å². The van der Waals surface area contributed by atoms with Crippen LogP contribution in [0.1, 0.15) is 27.7 Å². The Morgan fingerprint density at radius 3 is 0.476 bits per heavy atom. The maximum absolute atomic E-state index is 9.00. The molecule has 0 rings (SSSR count). The van der Waals surface area contributed by atoms with Gasteiger partial charge in [-0.1, -0.05) is 0 Å². The quantitative estimate of drug-likeness (QED) is 0.323. The smallest absolute Gasteiger partial charge is 0.300 e. The third kappa shape index (κ3) is 2030. The molecule has 0 bridgehead atoms. The topological polar surface area (TPSA) is 275 Å². The third-order valence-electron chi connectivity index (χ3n) is 0. The molecule has 0 spiro atoms. The Hall–Kier alpha value is -1.57. The van der Waals surface area contributed by atoms with Crippen molar-refractivity contribution in [1.29, 1.82) is 0 Å². The molecule has 0 aromatic rings. The van der Waals surface area contributed by atoms with Gasteiger partial charge in [0.25, 0.3) is 23.9 Å². The second-order valence-corrected chi connectivity index (χ2v) is 2.08. The van der Waals surface area contributed by atoms with E-state index < -0.39 is 23.9 Å². The number of carbonyl (C=O) groups is 4. The normalized spacial score (nSPS) is 4.76. The van der Waals surface area contributed by atoms with Crippen LogP contribution >= 0.6 is 0 Å². The van der Waals surface area contributed by atoms with Crippen LogP contribution in [0, 0.1) is 0 Å². The minimum Gasteiger partial charge on any atom is -0.481 e. The summed E-state index contributed by atoms with van der Waals surface area (Å²) in [6.45, 7) is 4.33. The first-order valence-electron chi connectivity index (χ1n) is 3.71. The molecule has 0 radical (unpaired) electrons. The number of carboxylic acids is 4. The SMILES string of the molecule is CC(=O)O.CC(=O)O.CC(=O)O.CC(=O)O.O.O.O.O.[Ti]. The van der Waals surface area contributed by atoms with Gasteiger partial charge in [0.1, 0.15) is 0 Å². The maximum atomic E-state index is 9.00. The second kappa shape index (κ2) is 51.5. The molecule has 0 unspecified atom stereocenters. The largest absolute Gasteiger partial charge is 0.481 e. The van der Waals surface area contributed by atoms with Gasteiger partial charge in [0.05, 0.1) is 0 Å². The van der Waals surface area contributed by atoms with E-state index >= 15 is 0 Å². The summed E-state index contributed by atoms with van der Waals surface area (Å²) in [4.78, 5) is 36.0. The fourth-order valence-electron chi connectivity index (χ4n) is 0. The summed E-state index contributed by atoms with van der Waals surface area (Å²) < 4.78 is 0. The molecule has 0 fully saturated rings. The van der Waals surface area contributed by atoms with Gasteiger partial charge in [-0.3, -0.25) is 19.2 Å². The van der Waals surface area contributed by atoms with Crippen LogP contribution in [0.5, 0.6) is 0 Å². The Morgan fingerprint density at radius 1 is 0.476 bits per heavy atom.